The molecule has 2 heterocycles. The fourth-order valence-corrected chi connectivity index (χ4v) is 4.43. The van der Waals surface area contributed by atoms with Gasteiger partial charge >= 0.3 is 5.97 Å². The molecular weight excluding hydrogens is 388 g/mol. The normalized spacial score (nSPS) is 16.8. The van der Waals surface area contributed by atoms with Crippen LogP contribution < -0.4 is 4.74 Å². The molecule has 1 saturated heterocycles. The van der Waals surface area contributed by atoms with Crippen LogP contribution in [-0.2, 0) is 17.9 Å². The molecule has 1 atom stereocenters. The van der Waals surface area contributed by atoms with Crippen molar-refractivity contribution in [1.82, 2.24) is 9.88 Å². The Kier molecular flexibility index (Phi) is 5.87. The van der Waals surface area contributed by atoms with Gasteiger partial charge in [0.25, 0.3) is 0 Å². The maximum Gasteiger partial charge on any atom is 0.321 e. The average molecular weight is 410 g/mol. The Hall–Kier alpha value is -2.77. The number of rotatable bonds is 7. The quantitative estimate of drug-likeness (QED) is 0.626. The van der Waals surface area contributed by atoms with Crippen molar-refractivity contribution in [3.63, 3.8) is 0 Å². The van der Waals surface area contributed by atoms with Gasteiger partial charge in [-0.25, -0.2) is 4.98 Å². The molecule has 1 aliphatic rings. The molecule has 2 aromatic carbocycles. The molecule has 7 heteroatoms. The first-order chi connectivity index (χ1) is 14.1. The van der Waals surface area contributed by atoms with Crippen LogP contribution in [0.2, 0.25) is 0 Å². The van der Waals surface area contributed by atoms with Crippen LogP contribution >= 0.6 is 11.8 Å². The van der Waals surface area contributed by atoms with Gasteiger partial charge in [-0.15, -0.1) is 11.8 Å². The SMILES string of the molecule is Cc1oc(-c2ccccc2)nc1COc1cccc(CN2CSC[C@H]2C(=O)O)c1. The number of carboxylic acids is 1. The smallest absolute Gasteiger partial charge is 0.321 e. The molecular formula is C22H22N2O4S. The molecule has 1 N–H and O–H groups in total. The van der Waals surface area contributed by atoms with Gasteiger partial charge in [-0.05, 0) is 36.8 Å². The summed E-state index contributed by atoms with van der Waals surface area (Å²) in [5, 5.41) is 9.34. The largest absolute Gasteiger partial charge is 0.487 e. The second-order valence-corrected chi connectivity index (χ2v) is 7.92. The van der Waals surface area contributed by atoms with Crippen LogP contribution in [0.15, 0.2) is 59.0 Å². The van der Waals surface area contributed by atoms with Crippen LogP contribution in [0.4, 0.5) is 0 Å². The second kappa shape index (κ2) is 8.71. The number of aryl methyl sites for hydroxylation is 1. The van der Waals surface area contributed by atoms with Crippen molar-refractivity contribution in [2.24, 2.45) is 0 Å². The molecule has 0 bridgehead atoms. The van der Waals surface area contributed by atoms with Gasteiger partial charge in [0.1, 0.15) is 29.9 Å². The molecule has 1 aliphatic heterocycles. The van der Waals surface area contributed by atoms with Gasteiger partial charge in [-0.3, -0.25) is 9.69 Å². The monoisotopic (exact) mass is 410 g/mol. The van der Waals surface area contributed by atoms with Crippen molar-refractivity contribution in [3.8, 4) is 17.2 Å². The van der Waals surface area contributed by atoms with Gasteiger partial charge in [0, 0.05) is 23.7 Å². The minimum Gasteiger partial charge on any atom is -0.487 e. The number of aliphatic carboxylic acids is 1. The lowest BCUT2D eigenvalue weighted by atomic mass is 10.2. The number of hydrogen-bond donors (Lipinski definition) is 1. The standard InChI is InChI=1S/C22H22N2O4S/c1-15-19(23-21(28-15)17-7-3-2-4-8-17)12-27-18-9-5-6-16(10-18)11-24-14-29-13-20(24)22(25)26/h2-10,20H,11-14H2,1H3,(H,25,26)/t20-/m0/s1. The van der Waals surface area contributed by atoms with Crippen LogP contribution in [-0.4, -0.2) is 38.6 Å². The first-order valence-electron chi connectivity index (χ1n) is 9.38. The van der Waals surface area contributed by atoms with E-state index in [4.69, 9.17) is 9.15 Å². The summed E-state index contributed by atoms with van der Waals surface area (Å²) in [6.45, 7) is 2.77. The molecule has 1 fully saturated rings. The van der Waals surface area contributed by atoms with Crippen molar-refractivity contribution < 1.29 is 19.1 Å². The van der Waals surface area contributed by atoms with Crippen molar-refractivity contribution in [1.29, 1.82) is 0 Å². The van der Waals surface area contributed by atoms with Crippen molar-refractivity contribution >= 4 is 17.7 Å². The van der Waals surface area contributed by atoms with Gasteiger partial charge in [0.2, 0.25) is 5.89 Å². The summed E-state index contributed by atoms with van der Waals surface area (Å²) in [4.78, 5) is 17.9. The van der Waals surface area contributed by atoms with E-state index in [9.17, 15) is 9.90 Å². The van der Waals surface area contributed by atoms with E-state index in [1.165, 1.54) is 0 Å². The Balaban J connectivity index is 1.41. The third-order valence-corrected chi connectivity index (χ3v) is 5.90. The van der Waals surface area contributed by atoms with Gasteiger partial charge in [0.05, 0.1) is 0 Å². The highest BCUT2D eigenvalue weighted by Crippen LogP contribution is 2.26. The minimum atomic E-state index is -0.766. The topological polar surface area (TPSA) is 75.8 Å². The molecule has 4 rings (SSSR count). The second-order valence-electron chi connectivity index (χ2n) is 6.92. The zero-order valence-corrected chi connectivity index (χ0v) is 16.9. The number of thioether (sulfide) groups is 1. The van der Waals surface area contributed by atoms with Crippen molar-refractivity contribution in [2.45, 2.75) is 26.1 Å². The molecule has 0 unspecified atom stereocenters. The maximum absolute atomic E-state index is 11.4. The first-order valence-corrected chi connectivity index (χ1v) is 10.5. The Morgan fingerprint density at radius 1 is 1.28 bits per heavy atom. The molecule has 29 heavy (non-hydrogen) atoms. The molecule has 1 aromatic heterocycles. The van der Waals surface area contributed by atoms with Crippen LogP contribution in [0.25, 0.3) is 11.5 Å². The Labute approximate surface area is 173 Å². The summed E-state index contributed by atoms with van der Waals surface area (Å²) in [6.07, 6.45) is 0. The van der Waals surface area contributed by atoms with Gasteiger partial charge < -0.3 is 14.3 Å². The average Bonchev–Trinajstić information content (AvgIpc) is 3.34. The van der Waals surface area contributed by atoms with E-state index in [1.807, 2.05) is 66.4 Å². The molecule has 0 saturated carbocycles. The lowest BCUT2D eigenvalue weighted by Gasteiger charge is -2.20. The van der Waals surface area contributed by atoms with Crippen LogP contribution in [0, 0.1) is 6.92 Å². The van der Waals surface area contributed by atoms with Gasteiger partial charge in [-0.1, -0.05) is 30.3 Å². The molecule has 6 nitrogen and oxygen atoms in total. The van der Waals surface area contributed by atoms with E-state index in [0.717, 1.165) is 34.2 Å². The van der Waals surface area contributed by atoms with Crippen LogP contribution in [0.3, 0.4) is 0 Å². The highest BCUT2D eigenvalue weighted by molar-refractivity contribution is 7.99. The maximum atomic E-state index is 11.4. The van der Waals surface area contributed by atoms with Crippen molar-refractivity contribution in [3.05, 3.63) is 71.6 Å². The lowest BCUT2D eigenvalue weighted by Crippen LogP contribution is -2.37. The molecule has 0 amide bonds. The number of nitrogens with zero attached hydrogens (tertiary/aromatic N) is 2. The number of carbonyl (C=O) groups is 1. The number of carboxylic acid groups (broad SMARTS) is 1. The Morgan fingerprint density at radius 3 is 2.90 bits per heavy atom. The predicted molar refractivity (Wildman–Crippen MR) is 112 cm³/mol. The molecule has 150 valence electrons. The number of benzene rings is 2. The van der Waals surface area contributed by atoms with Crippen LogP contribution in [0.5, 0.6) is 5.75 Å². The third-order valence-electron chi connectivity index (χ3n) is 4.83. The van der Waals surface area contributed by atoms with E-state index >= 15 is 0 Å². The molecule has 0 spiro atoms. The first kappa shape index (κ1) is 19.5. The van der Waals surface area contributed by atoms with Crippen molar-refractivity contribution in [2.75, 3.05) is 11.6 Å². The number of hydrogen-bond acceptors (Lipinski definition) is 6. The van der Waals surface area contributed by atoms with E-state index in [2.05, 4.69) is 4.98 Å². The summed E-state index contributed by atoms with van der Waals surface area (Å²) in [6, 6.07) is 17.1. The summed E-state index contributed by atoms with van der Waals surface area (Å²) in [5.74, 6) is 2.63. The zero-order valence-electron chi connectivity index (χ0n) is 16.1. The fourth-order valence-electron chi connectivity index (χ4n) is 3.25. The van der Waals surface area contributed by atoms with Gasteiger partial charge in [-0.2, -0.15) is 0 Å². The molecule has 0 radical (unpaired) electrons. The fraction of sp³-hybridized carbons (Fsp3) is 0.273. The summed E-state index contributed by atoms with van der Waals surface area (Å²) in [7, 11) is 0. The summed E-state index contributed by atoms with van der Waals surface area (Å²) < 4.78 is 11.7. The minimum absolute atomic E-state index is 0.308. The highest BCUT2D eigenvalue weighted by atomic mass is 32.2. The van der Waals surface area contributed by atoms with Gasteiger partial charge in [0.15, 0.2) is 0 Å². The Morgan fingerprint density at radius 2 is 2.10 bits per heavy atom. The van der Waals surface area contributed by atoms with E-state index < -0.39 is 12.0 Å². The van der Waals surface area contributed by atoms with Crippen LogP contribution in [0.1, 0.15) is 17.0 Å². The van der Waals surface area contributed by atoms with E-state index in [1.54, 1.807) is 11.8 Å². The lowest BCUT2D eigenvalue weighted by molar-refractivity contribution is -0.141. The summed E-state index contributed by atoms with van der Waals surface area (Å²) in [5.41, 5.74) is 2.72. The molecule has 3 aromatic rings. The third kappa shape index (κ3) is 4.63. The highest BCUT2D eigenvalue weighted by Gasteiger charge is 2.30. The van der Waals surface area contributed by atoms with E-state index in [0.29, 0.717) is 24.8 Å². The number of aromatic nitrogens is 1. The predicted octanol–water partition coefficient (Wildman–Crippen LogP) is 4.19. The number of ether oxygens (including phenoxy) is 1. The summed E-state index contributed by atoms with van der Waals surface area (Å²) >= 11 is 1.65. The zero-order chi connectivity index (χ0) is 20.2. The van der Waals surface area contributed by atoms with E-state index in [-0.39, 0.29) is 0 Å². The Bertz CT molecular complexity index is 989. The number of oxazole rings is 1. The molecule has 0 aliphatic carbocycles.